The molecule has 0 radical (unpaired) electrons. The predicted octanol–water partition coefficient (Wildman–Crippen LogP) is 2.05. The van der Waals surface area contributed by atoms with Gasteiger partial charge in [-0.2, -0.15) is 0 Å². The van der Waals surface area contributed by atoms with Gasteiger partial charge in [0.1, 0.15) is 5.76 Å². The molecule has 0 spiro atoms. The van der Waals surface area contributed by atoms with Gasteiger partial charge in [-0.15, -0.1) is 0 Å². The minimum atomic E-state index is 0.262. The first-order valence-electron chi connectivity index (χ1n) is 4.43. The Morgan fingerprint density at radius 3 is 2.57 bits per heavy atom. The highest BCUT2D eigenvalue weighted by Gasteiger charge is 2.01. The van der Waals surface area contributed by atoms with Crippen LogP contribution in [0, 0.1) is 0 Å². The third-order valence-electron chi connectivity index (χ3n) is 2.06. The summed E-state index contributed by atoms with van der Waals surface area (Å²) in [6.45, 7) is 1.90. The van der Waals surface area contributed by atoms with Crippen molar-refractivity contribution in [1.29, 1.82) is 0 Å². The minimum Gasteiger partial charge on any atom is -0.470 e. The van der Waals surface area contributed by atoms with Crippen molar-refractivity contribution in [3.63, 3.8) is 0 Å². The number of hydrogen-bond donors (Lipinski definition) is 0. The number of fused-ring (bicyclic) bond motifs is 1. The van der Waals surface area contributed by atoms with Gasteiger partial charge in [-0.1, -0.05) is 0 Å². The number of allylic oxidation sites excluding steroid dienone is 1. The van der Waals surface area contributed by atoms with E-state index in [9.17, 15) is 4.79 Å². The molecular weight excluding hydrogens is 176 g/mol. The molecule has 0 saturated carbocycles. The summed E-state index contributed by atoms with van der Waals surface area (Å²) in [5.74, 6) is 0.839. The number of hydrogen-bond acceptors (Lipinski definition) is 1. The fraction of sp³-hybridized carbons (Fsp3) is 0.0833. The Labute approximate surface area is 82.2 Å². The summed E-state index contributed by atoms with van der Waals surface area (Å²) in [6, 6.07) is 7.06. The van der Waals surface area contributed by atoms with E-state index in [1.165, 1.54) is 0 Å². The summed E-state index contributed by atoms with van der Waals surface area (Å²) in [5, 5.41) is 0. The lowest BCUT2D eigenvalue weighted by molar-refractivity contribution is 0.362. The molecule has 1 aliphatic rings. The second kappa shape index (κ2) is 3.50. The van der Waals surface area contributed by atoms with E-state index in [-0.39, 0.29) is 5.43 Å². The molecule has 1 aliphatic heterocycles. The first-order valence-corrected chi connectivity index (χ1v) is 4.43. The summed E-state index contributed by atoms with van der Waals surface area (Å²) in [7, 11) is 0. The Balaban J connectivity index is 2.69. The monoisotopic (exact) mass is 187 g/mol. The topological polar surface area (TPSA) is 30.6 Å². The van der Waals surface area contributed by atoms with Crippen LogP contribution in [0.4, 0.5) is 0 Å². The van der Waals surface area contributed by atoms with Gasteiger partial charge in [-0.3, -0.25) is 4.79 Å². The van der Waals surface area contributed by atoms with E-state index in [4.69, 9.17) is 4.74 Å². The highest BCUT2D eigenvalue weighted by atomic mass is 16.5. The summed E-state index contributed by atoms with van der Waals surface area (Å²) in [6.07, 6.45) is 5.46. The van der Waals surface area contributed by atoms with Crippen molar-refractivity contribution in [1.82, 2.24) is 0 Å². The van der Waals surface area contributed by atoms with Gasteiger partial charge in [-0.25, -0.2) is 0 Å². The molecule has 2 rings (SSSR count). The molecule has 0 fully saturated rings. The molecule has 0 aliphatic carbocycles. The lowest BCUT2D eigenvalue weighted by atomic mass is 10.1. The van der Waals surface area contributed by atoms with Gasteiger partial charge in [-0.05, 0) is 42.3 Å². The van der Waals surface area contributed by atoms with Crippen LogP contribution in [0.25, 0.3) is 12.2 Å². The molecule has 0 amide bonds. The summed E-state index contributed by atoms with van der Waals surface area (Å²) < 4.78 is 5.26. The van der Waals surface area contributed by atoms with E-state index in [1.54, 1.807) is 18.4 Å². The fourth-order valence-electron chi connectivity index (χ4n) is 1.35. The fourth-order valence-corrected chi connectivity index (χ4v) is 1.35. The molecule has 0 bridgehead atoms. The molecule has 1 N–H and O–H groups in total. The summed E-state index contributed by atoms with van der Waals surface area (Å²) in [5.41, 5.74) is 2.33. The van der Waals surface area contributed by atoms with Crippen LogP contribution in [-0.4, -0.2) is 4.79 Å². The molecule has 70 valence electrons. The standard InChI is InChI=1S/C12H10O2/c1-9-8-11-3-5-12(13)4-2-10(11)6-7-14-9/h2-8H,1H3/p+1. The second-order valence-corrected chi connectivity index (χ2v) is 3.18. The van der Waals surface area contributed by atoms with Crippen LogP contribution >= 0.6 is 0 Å². The average molecular weight is 187 g/mol. The third-order valence-corrected chi connectivity index (χ3v) is 2.06. The van der Waals surface area contributed by atoms with Crippen molar-refractivity contribution in [3.05, 3.63) is 52.8 Å². The van der Waals surface area contributed by atoms with Crippen molar-refractivity contribution in [2.45, 2.75) is 6.92 Å². The van der Waals surface area contributed by atoms with Crippen LogP contribution in [0.5, 0.6) is 0 Å². The molecule has 0 aromatic heterocycles. The van der Waals surface area contributed by atoms with Gasteiger partial charge in [0.15, 0.2) is 0 Å². The zero-order chi connectivity index (χ0) is 9.97. The zero-order valence-electron chi connectivity index (χ0n) is 7.90. The van der Waals surface area contributed by atoms with E-state index in [0.29, 0.717) is 0 Å². The van der Waals surface area contributed by atoms with Gasteiger partial charge in [0.2, 0.25) is 0 Å². The van der Waals surface area contributed by atoms with E-state index < -0.39 is 0 Å². The van der Waals surface area contributed by atoms with E-state index >= 15 is 0 Å². The summed E-state index contributed by atoms with van der Waals surface area (Å²) >= 11 is 0. The molecule has 0 saturated heterocycles. The van der Waals surface area contributed by atoms with Crippen LogP contribution in [0.1, 0.15) is 18.1 Å². The Morgan fingerprint density at radius 2 is 1.79 bits per heavy atom. The maximum absolute atomic E-state index is 9.31. The normalized spacial score (nSPS) is 13.6. The first-order chi connectivity index (χ1) is 6.75. The average Bonchev–Trinajstić information content (AvgIpc) is 2.41. The van der Waals surface area contributed by atoms with Crippen LogP contribution in [-0.2, 0) is 4.74 Å². The van der Waals surface area contributed by atoms with Crippen LogP contribution in [0.2, 0.25) is 0 Å². The maximum atomic E-state index is 9.31. The Hall–Kier alpha value is -1.83. The Bertz CT molecular complexity index is 470. The second-order valence-electron chi connectivity index (χ2n) is 3.18. The van der Waals surface area contributed by atoms with Crippen LogP contribution in [0.15, 0.2) is 36.3 Å². The van der Waals surface area contributed by atoms with Gasteiger partial charge in [0.25, 0.3) is 0 Å². The van der Waals surface area contributed by atoms with Crippen LogP contribution < -0.4 is 5.43 Å². The quantitative estimate of drug-likeness (QED) is 0.572. The molecule has 0 atom stereocenters. The Kier molecular flexibility index (Phi) is 2.19. The number of ether oxygens (including phenoxy) is 1. The molecule has 14 heavy (non-hydrogen) atoms. The molecule has 2 heteroatoms. The van der Waals surface area contributed by atoms with Crippen molar-refractivity contribution >= 4 is 12.2 Å². The SMILES string of the molecule is CC1=Cc2ccc(=[OH+])ccc2C=CO1. The highest BCUT2D eigenvalue weighted by molar-refractivity contribution is 5.66. The minimum absolute atomic E-state index is 0.262. The third kappa shape index (κ3) is 1.74. The molecule has 1 aromatic carbocycles. The number of rotatable bonds is 0. The van der Waals surface area contributed by atoms with Crippen LogP contribution in [0.3, 0.4) is 0 Å². The maximum Gasteiger partial charge on any atom is 0.340 e. The highest BCUT2D eigenvalue weighted by Crippen LogP contribution is 2.17. The predicted molar refractivity (Wildman–Crippen MR) is 55.3 cm³/mol. The smallest absolute Gasteiger partial charge is 0.340 e. The lowest BCUT2D eigenvalue weighted by Crippen LogP contribution is -1.91. The largest absolute Gasteiger partial charge is 0.470 e. The van der Waals surface area contributed by atoms with Gasteiger partial charge < -0.3 is 4.74 Å². The molecule has 0 unspecified atom stereocenters. The Morgan fingerprint density at radius 1 is 1.07 bits per heavy atom. The van der Waals surface area contributed by atoms with Gasteiger partial charge in [0, 0.05) is 12.1 Å². The molecule has 1 heterocycles. The van der Waals surface area contributed by atoms with E-state index in [0.717, 1.165) is 16.9 Å². The van der Waals surface area contributed by atoms with Crippen molar-refractivity contribution in [2.24, 2.45) is 0 Å². The first kappa shape index (κ1) is 8.75. The van der Waals surface area contributed by atoms with Crippen molar-refractivity contribution < 1.29 is 9.53 Å². The van der Waals surface area contributed by atoms with Gasteiger partial charge >= 0.3 is 5.43 Å². The van der Waals surface area contributed by atoms with Crippen molar-refractivity contribution in [2.75, 3.05) is 0 Å². The van der Waals surface area contributed by atoms with E-state index in [1.807, 2.05) is 31.2 Å². The molecule has 2 nitrogen and oxygen atoms in total. The molecule has 1 aromatic rings. The molecular formula is C12H11O2+. The lowest BCUT2D eigenvalue weighted by Gasteiger charge is -1.94. The van der Waals surface area contributed by atoms with E-state index in [2.05, 4.69) is 0 Å². The summed E-state index contributed by atoms with van der Waals surface area (Å²) in [4.78, 5) is 9.31. The zero-order valence-corrected chi connectivity index (χ0v) is 7.90. The van der Waals surface area contributed by atoms with Gasteiger partial charge in [0.05, 0.1) is 6.26 Å². The van der Waals surface area contributed by atoms with Crippen molar-refractivity contribution in [3.8, 4) is 0 Å².